The number of halogens is 3. The predicted molar refractivity (Wildman–Crippen MR) is 177 cm³/mol. The summed E-state index contributed by atoms with van der Waals surface area (Å²) in [4.78, 5) is 25.2. The van der Waals surface area contributed by atoms with Crippen molar-refractivity contribution < 1.29 is 41.7 Å². The van der Waals surface area contributed by atoms with Crippen LogP contribution in [0.5, 0.6) is 11.5 Å². The van der Waals surface area contributed by atoms with Crippen LogP contribution in [-0.2, 0) is 9.47 Å². The van der Waals surface area contributed by atoms with E-state index in [4.69, 9.17) is 18.9 Å². The van der Waals surface area contributed by atoms with Crippen molar-refractivity contribution in [2.24, 2.45) is 0 Å². The maximum Gasteiger partial charge on any atom is 0.425 e. The molecule has 0 aliphatic rings. The second kappa shape index (κ2) is 20.4. The van der Waals surface area contributed by atoms with E-state index in [1.165, 1.54) is 62.8 Å². The van der Waals surface area contributed by atoms with Crippen LogP contribution in [0, 0.1) is 0 Å². The molecule has 0 fully saturated rings. The van der Waals surface area contributed by atoms with E-state index >= 15 is 0 Å². The molecule has 0 amide bonds. The smallest absolute Gasteiger partial charge is 0.425 e. The van der Waals surface area contributed by atoms with Gasteiger partial charge < -0.3 is 18.9 Å². The SMILES string of the molecule is CCCCCCCCCOc1ccc(-c2ccc(C(=O)Oc3ccc(C(=O)OC(CCCCCOCC)C(F)(F)F)cc3)cc2)cc1. The molecule has 0 spiro atoms. The van der Waals surface area contributed by atoms with Crippen LogP contribution in [0.4, 0.5) is 13.2 Å². The minimum atomic E-state index is -4.68. The minimum absolute atomic E-state index is 0.0750. The average molecular weight is 657 g/mol. The Morgan fingerprint density at radius 2 is 1.13 bits per heavy atom. The standard InChI is InChI=1S/C38H47F3O6/c1-3-5-6-7-8-9-13-28-45-33-23-19-30(20-24-33)29-15-17-31(18-16-29)36(42)46-34-25-21-32(22-26-34)37(43)47-35(38(39,40)41)14-11-10-12-27-44-4-2/h15-26,35H,3-14,27-28H2,1-2H3. The summed E-state index contributed by atoms with van der Waals surface area (Å²) in [5.74, 6) is -0.738. The molecule has 0 saturated heterocycles. The topological polar surface area (TPSA) is 71.1 Å². The van der Waals surface area contributed by atoms with Gasteiger partial charge in [0.2, 0.25) is 0 Å². The van der Waals surface area contributed by atoms with Gasteiger partial charge in [0.15, 0.2) is 6.10 Å². The van der Waals surface area contributed by atoms with Crippen molar-refractivity contribution in [1.29, 1.82) is 0 Å². The van der Waals surface area contributed by atoms with Crippen molar-refractivity contribution in [3.8, 4) is 22.6 Å². The number of unbranched alkanes of at least 4 members (excludes halogenated alkanes) is 8. The molecule has 47 heavy (non-hydrogen) atoms. The fourth-order valence-electron chi connectivity index (χ4n) is 4.96. The molecule has 3 rings (SSSR count). The van der Waals surface area contributed by atoms with Gasteiger partial charge >= 0.3 is 18.1 Å². The first kappa shape index (κ1) is 37.6. The molecule has 1 atom stereocenters. The molecule has 0 aliphatic heterocycles. The molecule has 0 bridgehead atoms. The summed E-state index contributed by atoms with van der Waals surface area (Å²) < 4.78 is 61.7. The second-order valence-electron chi connectivity index (χ2n) is 11.5. The maximum atomic E-state index is 13.5. The Labute approximate surface area is 276 Å². The fraction of sp³-hybridized carbons (Fsp3) is 0.474. The summed E-state index contributed by atoms with van der Waals surface area (Å²) >= 11 is 0. The zero-order chi connectivity index (χ0) is 33.9. The molecule has 0 aliphatic carbocycles. The average Bonchev–Trinajstić information content (AvgIpc) is 3.07. The number of hydrogen-bond donors (Lipinski definition) is 0. The summed E-state index contributed by atoms with van der Waals surface area (Å²) in [5.41, 5.74) is 2.14. The van der Waals surface area contributed by atoms with E-state index in [0.717, 1.165) is 23.3 Å². The van der Waals surface area contributed by atoms with Crippen LogP contribution in [0.3, 0.4) is 0 Å². The quantitative estimate of drug-likeness (QED) is 0.0646. The molecular formula is C38H47F3O6. The van der Waals surface area contributed by atoms with Crippen molar-refractivity contribution in [2.45, 2.75) is 96.8 Å². The van der Waals surface area contributed by atoms with E-state index < -0.39 is 24.2 Å². The predicted octanol–water partition coefficient (Wildman–Crippen LogP) is 10.4. The maximum absolute atomic E-state index is 13.5. The van der Waals surface area contributed by atoms with Gasteiger partial charge in [-0.15, -0.1) is 0 Å². The molecule has 3 aromatic carbocycles. The van der Waals surface area contributed by atoms with Gasteiger partial charge in [0.05, 0.1) is 17.7 Å². The molecule has 1 unspecified atom stereocenters. The minimum Gasteiger partial charge on any atom is -0.494 e. The van der Waals surface area contributed by atoms with Crippen LogP contribution < -0.4 is 9.47 Å². The number of rotatable bonds is 21. The zero-order valence-corrected chi connectivity index (χ0v) is 27.5. The van der Waals surface area contributed by atoms with E-state index in [-0.39, 0.29) is 24.2 Å². The van der Waals surface area contributed by atoms with Gasteiger partial charge in [0.25, 0.3) is 0 Å². The molecular weight excluding hydrogens is 609 g/mol. The Kier molecular flexibility index (Phi) is 16.3. The van der Waals surface area contributed by atoms with Crippen LogP contribution in [-0.4, -0.2) is 44.0 Å². The van der Waals surface area contributed by atoms with E-state index in [2.05, 4.69) is 6.92 Å². The number of carbonyl (C=O) groups excluding carboxylic acids is 2. The van der Waals surface area contributed by atoms with Gasteiger partial charge in [-0.05, 0) is 92.3 Å². The van der Waals surface area contributed by atoms with Crippen molar-refractivity contribution in [3.05, 3.63) is 83.9 Å². The van der Waals surface area contributed by atoms with Gasteiger partial charge in [0, 0.05) is 13.2 Å². The van der Waals surface area contributed by atoms with Crippen molar-refractivity contribution >= 4 is 11.9 Å². The number of alkyl halides is 3. The van der Waals surface area contributed by atoms with E-state index in [9.17, 15) is 22.8 Å². The van der Waals surface area contributed by atoms with Crippen LogP contribution in [0.25, 0.3) is 11.1 Å². The van der Waals surface area contributed by atoms with Crippen LogP contribution in [0.1, 0.15) is 105 Å². The molecule has 6 nitrogen and oxygen atoms in total. The largest absolute Gasteiger partial charge is 0.494 e. The molecule has 9 heteroatoms. The third-order valence-corrected chi connectivity index (χ3v) is 7.70. The van der Waals surface area contributed by atoms with Crippen LogP contribution >= 0.6 is 0 Å². The highest BCUT2D eigenvalue weighted by molar-refractivity contribution is 5.92. The van der Waals surface area contributed by atoms with Crippen LogP contribution in [0.15, 0.2) is 72.8 Å². The molecule has 3 aromatic rings. The molecule has 0 aromatic heterocycles. The Bertz CT molecular complexity index is 1320. The fourth-order valence-corrected chi connectivity index (χ4v) is 4.96. The third kappa shape index (κ3) is 13.8. The molecule has 0 saturated carbocycles. The summed E-state index contributed by atoms with van der Waals surface area (Å²) in [7, 11) is 0. The first-order valence-corrected chi connectivity index (χ1v) is 16.7. The lowest BCUT2D eigenvalue weighted by Crippen LogP contribution is -2.33. The summed E-state index contributed by atoms with van der Waals surface area (Å²) in [6.07, 6.45) is 2.87. The van der Waals surface area contributed by atoms with E-state index in [1.807, 2.05) is 43.3 Å². The lowest BCUT2D eigenvalue weighted by molar-refractivity contribution is -0.206. The molecule has 0 radical (unpaired) electrons. The highest BCUT2D eigenvalue weighted by atomic mass is 19.4. The van der Waals surface area contributed by atoms with Gasteiger partial charge in [-0.2, -0.15) is 13.2 Å². The number of benzene rings is 3. The Balaban J connectivity index is 1.45. The molecule has 256 valence electrons. The van der Waals surface area contributed by atoms with E-state index in [0.29, 0.717) is 38.2 Å². The van der Waals surface area contributed by atoms with Crippen LogP contribution in [0.2, 0.25) is 0 Å². The Hall–Kier alpha value is -3.85. The summed E-state index contributed by atoms with van der Waals surface area (Å²) in [6.45, 7) is 5.81. The molecule has 0 heterocycles. The monoisotopic (exact) mass is 656 g/mol. The number of esters is 2. The van der Waals surface area contributed by atoms with Crippen molar-refractivity contribution in [1.82, 2.24) is 0 Å². The highest BCUT2D eigenvalue weighted by Gasteiger charge is 2.42. The van der Waals surface area contributed by atoms with Gasteiger partial charge in [-0.25, -0.2) is 9.59 Å². The Morgan fingerprint density at radius 3 is 1.74 bits per heavy atom. The van der Waals surface area contributed by atoms with Crippen molar-refractivity contribution in [3.63, 3.8) is 0 Å². The number of carbonyl (C=O) groups is 2. The summed E-state index contributed by atoms with van der Waals surface area (Å²) in [5, 5.41) is 0. The molecule has 0 N–H and O–H groups in total. The highest BCUT2D eigenvalue weighted by Crippen LogP contribution is 2.29. The lowest BCUT2D eigenvalue weighted by atomic mass is 10.0. The lowest BCUT2D eigenvalue weighted by Gasteiger charge is -2.20. The first-order valence-electron chi connectivity index (χ1n) is 16.7. The second-order valence-corrected chi connectivity index (χ2v) is 11.5. The third-order valence-electron chi connectivity index (χ3n) is 7.70. The van der Waals surface area contributed by atoms with Gasteiger partial charge in [0.1, 0.15) is 11.5 Å². The van der Waals surface area contributed by atoms with Crippen molar-refractivity contribution in [2.75, 3.05) is 19.8 Å². The number of hydrogen-bond acceptors (Lipinski definition) is 6. The first-order chi connectivity index (χ1) is 22.7. The Morgan fingerprint density at radius 1 is 0.617 bits per heavy atom. The van der Waals surface area contributed by atoms with E-state index in [1.54, 1.807) is 12.1 Å². The summed E-state index contributed by atoms with van der Waals surface area (Å²) in [6, 6.07) is 20.0. The normalized spacial score (nSPS) is 12.0. The number of ether oxygens (including phenoxy) is 4. The van der Waals surface area contributed by atoms with Gasteiger partial charge in [-0.1, -0.05) is 76.1 Å². The van der Waals surface area contributed by atoms with Gasteiger partial charge in [-0.3, -0.25) is 0 Å². The zero-order valence-electron chi connectivity index (χ0n) is 27.5.